The Bertz CT molecular complexity index is 486. The van der Waals surface area contributed by atoms with Crippen molar-refractivity contribution in [1.82, 2.24) is 9.97 Å². The maximum Gasteiger partial charge on any atom is 0.127 e. The zero-order valence-corrected chi connectivity index (χ0v) is 9.76. The van der Waals surface area contributed by atoms with Crippen LogP contribution in [0.3, 0.4) is 0 Å². The SMILES string of the molecule is NC(c1cccc(C2CCC2)c1)c1ncc[nH]1. The quantitative estimate of drug-likeness (QED) is 0.847. The molecule has 0 spiro atoms. The van der Waals surface area contributed by atoms with Crippen LogP contribution in [0.4, 0.5) is 0 Å². The van der Waals surface area contributed by atoms with Crippen LogP contribution in [0.15, 0.2) is 36.7 Å². The van der Waals surface area contributed by atoms with Crippen LogP contribution in [-0.2, 0) is 0 Å². The fourth-order valence-corrected chi connectivity index (χ4v) is 2.35. The van der Waals surface area contributed by atoms with Gasteiger partial charge in [-0.25, -0.2) is 4.98 Å². The van der Waals surface area contributed by atoms with E-state index in [2.05, 4.69) is 34.2 Å². The summed E-state index contributed by atoms with van der Waals surface area (Å²) in [7, 11) is 0. The fourth-order valence-electron chi connectivity index (χ4n) is 2.35. The van der Waals surface area contributed by atoms with Gasteiger partial charge in [0.2, 0.25) is 0 Å². The molecule has 0 radical (unpaired) electrons. The van der Waals surface area contributed by atoms with E-state index in [0.717, 1.165) is 17.3 Å². The Morgan fingerprint density at radius 1 is 1.35 bits per heavy atom. The van der Waals surface area contributed by atoms with Gasteiger partial charge in [0.25, 0.3) is 0 Å². The van der Waals surface area contributed by atoms with Crippen LogP contribution in [0.25, 0.3) is 0 Å². The van der Waals surface area contributed by atoms with Crippen LogP contribution in [0, 0.1) is 0 Å². The molecule has 17 heavy (non-hydrogen) atoms. The number of aromatic amines is 1. The number of hydrogen-bond donors (Lipinski definition) is 2. The summed E-state index contributed by atoms with van der Waals surface area (Å²) in [5.74, 6) is 1.58. The Kier molecular flexibility index (Phi) is 2.69. The summed E-state index contributed by atoms with van der Waals surface area (Å²) in [5.41, 5.74) is 8.77. The molecule has 1 aliphatic carbocycles. The normalized spacial score (nSPS) is 17.7. The van der Waals surface area contributed by atoms with E-state index in [0.29, 0.717) is 0 Å². The van der Waals surface area contributed by atoms with Gasteiger partial charge in [-0.3, -0.25) is 0 Å². The molecule has 1 atom stereocenters. The van der Waals surface area contributed by atoms with Crippen molar-refractivity contribution < 1.29 is 0 Å². The molecule has 3 nitrogen and oxygen atoms in total. The Balaban J connectivity index is 1.87. The number of nitrogens with two attached hydrogens (primary N) is 1. The van der Waals surface area contributed by atoms with Gasteiger partial charge in [0, 0.05) is 12.4 Å². The maximum atomic E-state index is 6.20. The summed E-state index contributed by atoms with van der Waals surface area (Å²) in [6, 6.07) is 8.48. The number of imidazole rings is 1. The molecular weight excluding hydrogens is 210 g/mol. The summed E-state index contributed by atoms with van der Waals surface area (Å²) in [6.45, 7) is 0. The molecule has 0 bridgehead atoms. The van der Waals surface area contributed by atoms with E-state index in [1.165, 1.54) is 24.8 Å². The molecule has 0 saturated heterocycles. The van der Waals surface area contributed by atoms with E-state index in [4.69, 9.17) is 5.73 Å². The van der Waals surface area contributed by atoms with Crippen molar-refractivity contribution in [3.63, 3.8) is 0 Å². The predicted octanol–water partition coefficient (Wildman–Crippen LogP) is 2.73. The molecule has 1 aliphatic rings. The van der Waals surface area contributed by atoms with E-state index in [1.807, 2.05) is 6.20 Å². The molecule has 1 aromatic carbocycles. The van der Waals surface area contributed by atoms with E-state index >= 15 is 0 Å². The van der Waals surface area contributed by atoms with Crippen LogP contribution in [-0.4, -0.2) is 9.97 Å². The molecule has 88 valence electrons. The van der Waals surface area contributed by atoms with Gasteiger partial charge in [-0.05, 0) is 29.9 Å². The number of benzene rings is 1. The lowest BCUT2D eigenvalue weighted by molar-refractivity contribution is 0.419. The van der Waals surface area contributed by atoms with E-state index < -0.39 is 0 Å². The first kappa shape index (κ1) is 10.5. The minimum Gasteiger partial charge on any atom is -0.347 e. The molecule has 3 heteroatoms. The molecule has 1 heterocycles. The van der Waals surface area contributed by atoms with Gasteiger partial charge in [-0.2, -0.15) is 0 Å². The third-order valence-electron chi connectivity index (χ3n) is 3.66. The molecule has 3 N–H and O–H groups in total. The maximum absolute atomic E-state index is 6.20. The molecule has 1 saturated carbocycles. The average Bonchev–Trinajstić information content (AvgIpc) is 2.79. The summed E-state index contributed by atoms with van der Waals surface area (Å²) in [6.07, 6.45) is 7.55. The zero-order chi connectivity index (χ0) is 11.7. The Morgan fingerprint density at radius 3 is 2.88 bits per heavy atom. The molecule has 0 aliphatic heterocycles. The van der Waals surface area contributed by atoms with Crippen LogP contribution in [0.1, 0.15) is 48.2 Å². The van der Waals surface area contributed by atoms with Crippen molar-refractivity contribution in [3.05, 3.63) is 53.6 Å². The third kappa shape index (κ3) is 1.98. The monoisotopic (exact) mass is 227 g/mol. The zero-order valence-electron chi connectivity index (χ0n) is 9.76. The highest BCUT2D eigenvalue weighted by Gasteiger charge is 2.20. The van der Waals surface area contributed by atoms with Gasteiger partial charge in [0.15, 0.2) is 0 Å². The van der Waals surface area contributed by atoms with Crippen molar-refractivity contribution in [2.45, 2.75) is 31.2 Å². The molecule has 2 aromatic rings. The topological polar surface area (TPSA) is 54.7 Å². The predicted molar refractivity (Wildman–Crippen MR) is 67.7 cm³/mol. The first-order valence-corrected chi connectivity index (χ1v) is 6.19. The van der Waals surface area contributed by atoms with Crippen molar-refractivity contribution in [3.8, 4) is 0 Å². The second kappa shape index (κ2) is 4.34. The van der Waals surface area contributed by atoms with Crippen molar-refractivity contribution in [2.24, 2.45) is 5.73 Å². The Labute approximate surface area is 101 Å². The minimum absolute atomic E-state index is 0.148. The van der Waals surface area contributed by atoms with Gasteiger partial charge < -0.3 is 10.7 Å². The van der Waals surface area contributed by atoms with Gasteiger partial charge in [-0.15, -0.1) is 0 Å². The van der Waals surface area contributed by atoms with Gasteiger partial charge in [-0.1, -0.05) is 30.7 Å². The van der Waals surface area contributed by atoms with E-state index in [-0.39, 0.29) is 6.04 Å². The van der Waals surface area contributed by atoms with Gasteiger partial charge in [0.05, 0.1) is 6.04 Å². The number of nitrogens with zero attached hydrogens (tertiary/aromatic N) is 1. The second-order valence-electron chi connectivity index (χ2n) is 4.75. The highest BCUT2D eigenvalue weighted by Crippen LogP contribution is 2.37. The molecule has 1 fully saturated rings. The number of rotatable bonds is 3. The van der Waals surface area contributed by atoms with Crippen molar-refractivity contribution >= 4 is 0 Å². The van der Waals surface area contributed by atoms with E-state index in [9.17, 15) is 0 Å². The highest BCUT2D eigenvalue weighted by molar-refractivity contribution is 5.32. The Morgan fingerprint density at radius 2 is 2.24 bits per heavy atom. The van der Waals surface area contributed by atoms with Crippen LogP contribution in [0.5, 0.6) is 0 Å². The van der Waals surface area contributed by atoms with Crippen molar-refractivity contribution in [2.75, 3.05) is 0 Å². The standard InChI is InChI=1S/C14H17N3/c15-13(14-16-7-8-17-14)12-6-2-5-11(9-12)10-3-1-4-10/h2,5-10,13H,1,3-4,15H2,(H,16,17). The lowest BCUT2D eigenvalue weighted by atomic mass is 9.79. The summed E-state index contributed by atoms with van der Waals surface area (Å²) in [4.78, 5) is 7.30. The average molecular weight is 227 g/mol. The van der Waals surface area contributed by atoms with Gasteiger partial charge >= 0.3 is 0 Å². The second-order valence-corrected chi connectivity index (χ2v) is 4.75. The summed E-state index contributed by atoms with van der Waals surface area (Å²) >= 11 is 0. The molecule has 1 unspecified atom stereocenters. The van der Waals surface area contributed by atoms with Crippen LogP contribution >= 0.6 is 0 Å². The van der Waals surface area contributed by atoms with Gasteiger partial charge in [0.1, 0.15) is 5.82 Å². The highest BCUT2D eigenvalue weighted by atomic mass is 14.9. The van der Waals surface area contributed by atoms with Crippen LogP contribution < -0.4 is 5.73 Å². The van der Waals surface area contributed by atoms with E-state index in [1.54, 1.807) is 6.20 Å². The number of H-pyrrole nitrogens is 1. The largest absolute Gasteiger partial charge is 0.347 e. The van der Waals surface area contributed by atoms with Crippen LogP contribution in [0.2, 0.25) is 0 Å². The number of hydrogen-bond acceptors (Lipinski definition) is 2. The first-order valence-electron chi connectivity index (χ1n) is 6.19. The molecule has 3 rings (SSSR count). The lowest BCUT2D eigenvalue weighted by Crippen LogP contribution is -2.15. The number of aromatic nitrogens is 2. The van der Waals surface area contributed by atoms with Crippen molar-refractivity contribution in [1.29, 1.82) is 0 Å². The summed E-state index contributed by atoms with van der Waals surface area (Å²) in [5, 5.41) is 0. The molecule has 0 amide bonds. The first-order chi connectivity index (χ1) is 8.34. The smallest absolute Gasteiger partial charge is 0.127 e. The lowest BCUT2D eigenvalue weighted by Gasteiger charge is -2.26. The summed E-state index contributed by atoms with van der Waals surface area (Å²) < 4.78 is 0. The fraction of sp³-hybridized carbons (Fsp3) is 0.357. The third-order valence-corrected chi connectivity index (χ3v) is 3.66. The molecular formula is C14H17N3. The number of nitrogens with one attached hydrogen (secondary N) is 1. The Hall–Kier alpha value is -1.61. The molecule has 1 aromatic heterocycles. The minimum atomic E-state index is -0.148.